The molecule has 3 rings (SSSR count). The number of pyridine rings is 1. The number of carbonyl (C=O) groups excluding carboxylic acids is 1. The predicted molar refractivity (Wildman–Crippen MR) is 79.8 cm³/mol. The number of amides is 1. The van der Waals surface area contributed by atoms with Crippen molar-refractivity contribution >= 4 is 5.91 Å². The van der Waals surface area contributed by atoms with Gasteiger partial charge in [-0.1, -0.05) is 0 Å². The molecule has 1 aliphatic heterocycles. The quantitative estimate of drug-likeness (QED) is 0.874. The molecule has 0 N–H and O–H groups in total. The number of aromatic nitrogens is 3. The summed E-state index contributed by atoms with van der Waals surface area (Å²) in [5.41, 5.74) is 0.106. The molecule has 0 bridgehead atoms. The molecule has 1 atom stereocenters. The minimum Gasteiger partial charge on any atom is -0.338 e. The van der Waals surface area contributed by atoms with E-state index in [9.17, 15) is 9.18 Å². The van der Waals surface area contributed by atoms with Crippen LogP contribution in [-0.2, 0) is 6.54 Å². The highest BCUT2D eigenvalue weighted by Gasteiger charge is 2.26. The Morgan fingerprint density at radius 3 is 3.05 bits per heavy atom. The van der Waals surface area contributed by atoms with Crippen molar-refractivity contribution in [3.05, 3.63) is 48.1 Å². The summed E-state index contributed by atoms with van der Waals surface area (Å²) in [6, 6.07) is 1.45. The number of likely N-dealkylation sites (tertiary alicyclic amines) is 1. The smallest absolute Gasteiger partial charge is 0.256 e. The van der Waals surface area contributed by atoms with Gasteiger partial charge in [0.15, 0.2) is 5.82 Å². The van der Waals surface area contributed by atoms with Crippen LogP contribution in [0.1, 0.15) is 29.0 Å². The fourth-order valence-corrected chi connectivity index (χ4v) is 2.99. The number of rotatable bonds is 3. The molecule has 6 heteroatoms. The molecule has 0 saturated carbocycles. The lowest BCUT2D eigenvalue weighted by molar-refractivity contribution is 0.0657. The first-order valence-electron chi connectivity index (χ1n) is 7.51. The van der Waals surface area contributed by atoms with E-state index >= 15 is 0 Å². The third-order valence-electron chi connectivity index (χ3n) is 4.19. The zero-order valence-electron chi connectivity index (χ0n) is 12.6. The molecule has 0 radical (unpaired) electrons. The van der Waals surface area contributed by atoms with Crippen LogP contribution in [0.2, 0.25) is 0 Å². The van der Waals surface area contributed by atoms with Crippen LogP contribution in [-0.4, -0.2) is 38.4 Å². The predicted octanol–water partition coefficient (Wildman–Crippen LogP) is 2.28. The zero-order valence-corrected chi connectivity index (χ0v) is 12.6. The van der Waals surface area contributed by atoms with Crippen LogP contribution in [0.5, 0.6) is 0 Å². The van der Waals surface area contributed by atoms with Gasteiger partial charge in [0, 0.05) is 38.2 Å². The van der Waals surface area contributed by atoms with E-state index in [1.807, 2.05) is 13.1 Å². The molecule has 2 aromatic rings. The van der Waals surface area contributed by atoms with Gasteiger partial charge in [0.05, 0.1) is 11.8 Å². The summed E-state index contributed by atoms with van der Waals surface area (Å²) in [6.45, 7) is 4.14. The second kappa shape index (κ2) is 6.25. The van der Waals surface area contributed by atoms with Gasteiger partial charge in [0.1, 0.15) is 5.82 Å². The maximum Gasteiger partial charge on any atom is 0.256 e. The highest BCUT2D eigenvalue weighted by atomic mass is 19.1. The fraction of sp³-hybridized carbons (Fsp3) is 0.438. The molecule has 2 aromatic heterocycles. The molecule has 116 valence electrons. The molecule has 1 saturated heterocycles. The molecule has 1 aliphatic rings. The molecular weight excluding hydrogens is 283 g/mol. The number of piperidine rings is 1. The number of halogens is 1. The molecule has 0 aromatic carbocycles. The van der Waals surface area contributed by atoms with Crippen LogP contribution in [0.25, 0.3) is 0 Å². The monoisotopic (exact) mass is 302 g/mol. The number of hydrogen-bond acceptors (Lipinski definition) is 3. The molecule has 1 amide bonds. The van der Waals surface area contributed by atoms with Crippen molar-refractivity contribution in [2.45, 2.75) is 26.3 Å². The number of hydrogen-bond donors (Lipinski definition) is 0. The van der Waals surface area contributed by atoms with Gasteiger partial charge in [-0.25, -0.2) is 9.37 Å². The summed E-state index contributed by atoms with van der Waals surface area (Å²) in [4.78, 5) is 22.1. The highest BCUT2D eigenvalue weighted by molar-refractivity contribution is 5.94. The van der Waals surface area contributed by atoms with Gasteiger partial charge < -0.3 is 9.47 Å². The van der Waals surface area contributed by atoms with Crippen LogP contribution in [0, 0.1) is 18.7 Å². The Bertz CT molecular complexity index is 670. The lowest BCUT2D eigenvalue weighted by Gasteiger charge is -2.33. The average molecular weight is 302 g/mol. The average Bonchev–Trinajstić information content (AvgIpc) is 2.92. The van der Waals surface area contributed by atoms with E-state index in [1.54, 1.807) is 11.1 Å². The largest absolute Gasteiger partial charge is 0.338 e. The maximum atomic E-state index is 13.7. The van der Waals surface area contributed by atoms with Crippen molar-refractivity contribution in [1.82, 2.24) is 19.4 Å². The van der Waals surface area contributed by atoms with E-state index in [0.29, 0.717) is 19.0 Å². The van der Waals surface area contributed by atoms with Gasteiger partial charge >= 0.3 is 0 Å². The third-order valence-corrected chi connectivity index (χ3v) is 4.19. The van der Waals surface area contributed by atoms with Crippen molar-refractivity contribution in [1.29, 1.82) is 0 Å². The van der Waals surface area contributed by atoms with Gasteiger partial charge in [-0.3, -0.25) is 9.78 Å². The first-order chi connectivity index (χ1) is 10.6. The van der Waals surface area contributed by atoms with Gasteiger partial charge in [-0.2, -0.15) is 0 Å². The number of imidazole rings is 1. The Hall–Kier alpha value is -2.24. The summed E-state index contributed by atoms with van der Waals surface area (Å²) in [5, 5.41) is 0. The maximum absolute atomic E-state index is 13.7. The molecule has 1 fully saturated rings. The van der Waals surface area contributed by atoms with Gasteiger partial charge in [-0.15, -0.1) is 0 Å². The van der Waals surface area contributed by atoms with Crippen molar-refractivity contribution in [2.75, 3.05) is 13.1 Å². The third kappa shape index (κ3) is 3.00. The topological polar surface area (TPSA) is 51.0 Å². The Balaban J connectivity index is 1.69. The summed E-state index contributed by atoms with van der Waals surface area (Å²) in [6.07, 6.45) is 8.29. The van der Waals surface area contributed by atoms with E-state index in [2.05, 4.69) is 14.5 Å². The van der Waals surface area contributed by atoms with E-state index in [4.69, 9.17) is 0 Å². The zero-order chi connectivity index (χ0) is 15.5. The first kappa shape index (κ1) is 14.7. The minimum atomic E-state index is -0.555. The van der Waals surface area contributed by atoms with Crippen molar-refractivity contribution in [2.24, 2.45) is 5.92 Å². The van der Waals surface area contributed by atoms with Crippen molar-refractivity contribution < 1.29 is 9.18 Å². The Labute approximate surface area is 128 Å². The van der Waals surface area contributed by atoms with Crippen LogP contribution in [0.3, 0.4) is 0 Å². The van der Waals surface area contributed by atoms with Gasteiger partial charge in [-0.05, 0) is 31.7 Å². The Kier molecular flexibility index (Phi) is 4.18. The van der Waals surface area contributed by atoms with Crippen molar-refractivity contribution in [3.8, 4) is 0 Å². The van der Waals surface area contributed by atoms with Gasteiger partial charge in [0.25, 0.3) is 5.91 Å². The highest BCUT2D eigenvalue weighted by Crippen LogP contribution is 2.21. The minimum absolute atomic E-state index is 0.106. The number of aryl methyl sites for hydroxylation is 1. The standard InChI is InChI=1S/C16H19FN4O/c1-12-19-6-8-20(12)10-13-3-2-7-21(11-13)16(22)14-4-5-18-9-15(14)17/h4-6,8-9,13H,2-3,7,10-11H2,1H3. The Morgan fingerprint density at radius 2 is 2.32 bits per heavy atom. The summed E-state index contributed by atoms with van der Waals surface area (Å²) < 4.78 is 15.8. The normalized spacial score (nSPS) is 18.5. The molecular formula is C16H19FN4O. The first-order valence-corrected chi connectivity index (χ1v) is 7.51. The van der Waals surface area contributed by atoms with Crippen molar-refractivity contribution in [3.63, 3.8) is 0 Å². The fourth-order valence-electron chi connectivity index (χ4n) is 2.99. The van der Waals surface area contributed by atoms with Crippen LogP contribution in [0.4, 0.5) is 4.39 Å². The second-order valence-corrected chi connectivity index (χ2v) is 5.74. The summed E-state index contributed by atoms with van der Waals surface area (Å²) in [7, 11) is 0. The lowest BCUT2D eigenvalue weighted by Crippen LogP contribution is -2.41. The van der Waals surface area contributed by atoms with Crippen LogP contribution < -0.4 is 0 Å². The molecule has 0 spiro atoms. The van der Waals surface area contributed by atoms with E-state index in [0.717, 1.165) is 31.4 Å². The van der Waals surface area contributed by atoms with E-state index < -0.39 is 5.82 Å². The Morgan fingerprint density at radius 1 is 1.45 bits per heavy atom. The number of carbonyl (C=O) groups is 1. The SMILES string of the molecule is Cc1nccn1CC1CCCN(C(=O)c2ccncc2F)C1. The molecule has 5 nitrogen and oxygen atoms in total. The molecule has 22 heavy (non-hydrogen) atoms. The molecule has 3 heterocycles. The summed E-state index contributed by atoms with van der Waals surface area (Å²) in [5.74, 6) is 0.547. The van der Waals surface area contributed by atoms with Crippen LogP contribution >= 0.6 is 0 Å². The van der Waals surface area contributed by atoms with Crippen LogP contribution in [0.15, 0.2) is 30.9 Å². The van der Waals surface area contributed by atoms with E-state index in [-0.39, 0.29) is 11.5 Å². The van der Waals surface area contributed by atoms with E-state index in [1.165, 1.54) is 12.3 Å². The lowest BCUT2D eigenvalue weighted by atomic mass is 9.97. The molecule has 1 unspecified atom stereocenters. The summed E-state index contributed by atoms with van der Waals surface area (Å²) >= 11 is 0. The van der Waals surface area contributed by atoms with Gasteiger partial charge in [0.2, 0.25) is 0 Å². The second-order valence-electron chi connectivity index (χ2n) is 5.74. The number of nitrogens with zero attached hydrogens (tertiary/aromatic N) is 4. The molecule has 0 aliphatic carbocycles.